The fourth-order valence-electron chi connectivity index (χ4n) is 6.15. The van der Waals surface area contributed by atoms with E-state index in [2.05, 4.69) is 16.0 Å². The summed E-state index contributed by atoms with van der Waals surface area (Å²) in [6.07, 6.45) is 7.01. The molecule has 4 amide bonds. The Kier molecular flexibility index (Phi) is 6.06. The summed E-state index contributed by atoms with van der Waals surface area (Å²) >= 11 is 0. The third kappa shape index (κ3) is 5.09. The maximum absolute atomic E-state index is 12.6. The van der Waals surface area contributed by atoms with Crippen LogP contribution in [0.15, 0.2) is 24.3 Å². The first-order valence-corrected chi connectivity index (χ1v) is 11.4. The number of anilines is 1. The Balaban J connectivity index is 1.25. The van der Waals surface area contributed by atoms with Crippen LogP contribution in [0.2, 0.25) is 0 Å². The number of nitrogens with one attached hydrogen (secondary N) is 3. The van der Waals surface area contributed by atoms with Crippen LogP contribution in [0.25, 0.3) is 0 Å². The van der Waals surface area contributed by atoms with E-state index in [1.54, 1.807) is 18.9 Å². The Hall–Kier alpha value is -2.41. The van der Waals surface area contributed by atoms with Gasteiger partial charge in [0.1, 0.15) is 0 Å². The van der Waals surface area contributed by atoms with E-state index in [1.807, 2.05) is 31.2 Å². The lowest BCUT2D eigenvalue weighted by molar-refractivity contribution is -0.125. The van der Waals surface area contributed by atoms with Crippen LogP contribution in [-0.4, -0.2) is 47.9 Å². The highest BCUT2D eigenvalue weighted by Gasteiger charge is 2.51. The molecule has 0 spiro atoms. The molecule has 1 aromatic rings. The summed E-state index contributed by atoms with van der Waals surface area (Å²) in [5.74, 6) is 1.56. The van der Waals surface area contributed by atoms with Gasteiger partial charge in [0.05, 0.1) is 12.6 Å². The van der Waals surface area contributed by atoms with Gasteiger partial charge >= 0.3 is 6.03 Å². The minimum Gasteiger partial charge on any atom is -0.332 e. The standard InChI is InChI=1S/C24H34N4O3/c1-15-4-6-20(7-5-15)25-21(29)14-28(3)16(2)22(30)26-23(31)27-24-11-17-8-18(12-24)10-19(9-17)13-24/h4-7,16-19H,8-14H2,1-3H3,(H,25,29)(H2,26,27,30,31)/t16-,17?,18?,19?,24?/m1/s1. The average molecular weight is 427 g/mol. The number of likely N-dealkylation sites (N-methyl/N-ethyl adjacent to an activating group) is 1. The van der Waals surface area contributed by atoms with Gasteiger partial charge in [-0.25, -0.2) is 4.79 Å². The molecule has 0 unspecified atom stereocenters. The second-order valence-corrected chi connectivity index (χ2v) is 10.1. The summed E-state index contributed by atoms with van der Waals surface area (Å²) in [6, 6.07) is 6.54. The van der Waals surface area contributed by atoms with Crippen molar-refractivity contribution in [2.24, 2.45) is 17.8 Å². The lowest BCUT2D eigenvalue weighted by Gasteiger charge is -2.56. The van der Waals surface area contributed by atoms with Crippen LogP contribution in [0, 0.1) is 24.7 Å². The SMILES string of the molecule is Cc1ccc(NC(=O)CN(C)[C@H](C)C(=O)NC(=O)NC23CC4CC(CC(C4)C2)C3)cc1. The van der Waals surface area contributed by atoms with E-state index in [0.29, 0.717) is 0 Å². The van der Waals surface area contributed by atoms with Gasteiger partial charge in [0.25, 0.3) is 0 Å². The first-order chi connectivity index (χ1) is 14.7. The van der Waals surface area contributed by atoms with Crippen molar-refractivity contribution in [1.29, 1.82) is 0 Å². The number of rotatable bonds is 6. The van der Waals surface area contributed by atoms with E-state index < -0.39 is 18.0 Å². The maximum Gasteiger partial charge on any atom is 0.321 e. The number of nitrogens with zero attached hydrogens (tertiary/aromatic N) is 1. The van der Waals surface area contributed by atoms with Crippen LogP contribution >= 0.6 is 0 Å². The molecule has 4 fully saturated rings. The van der Waals surface area contributed by atoms with Crippen molar-refractivity contribution in [2.45, 2.75) is 64.0 Å². The summed E-state index contributed by atoms with van der Waals surface area (Å²) in [7, 11) is 1.70. The van der Waals surface area contributed by atoms with E-state index in [9.17, 15) is 14.4 Å². The predicted molar refractivity (Wildman–Crippen MR) is 119 cm³/mol. The Morgan fingerprint density at radius 1 is 1.03 bits per heavy atom. The fourth-order valence-corrected chi connectivity index (χ4v) is 6.15. The highest BCUT2D eigenvalue weighted by Crippen LogP contribution is 2.55. The number of hydrogen-bond donors (Lipinski definition) is 3. The molecule has 168 valence electrons. The van der Waals surface area contributed by atoms with Gasteiger partial charge in [-0.1, -0.05) is 17.7 Å². The van der Waals surface area contributed by atoms with Crippen molar-refractivity contribution in [3.63, 3.8) is 0 Å². The summed E-state index contributed by atoms with van der Waals surface area (Å²) in [6.45, 7) is 3.74. The van der Waals surface area contributed by atoms with Crippen LogP contribution in [0.1, 0.15) is 51.0 Å². The molecular weight excluding hydrogens is 392 g/mol. The maximum atomic E-state index is 12.6. The first kappa shape index (κ1) is 21.8. The molecule has 5 rings (SSSR count). The van der Waals surface area contributed by atoms with Crippen molar-refractivity contribution >= 4 is 23.5 Å². The third-order valence-electron chi connectivity index (χ3n) is 7.42. The van der Waals surface area contributed by atoms with E-state index in [-0.39, 0.29) is 18.0 Å². The van der Waals surface area contributed by atoms with Crippen molar-refractivity contribution in [3.05, 3.63) is 29.8 Å². The molecular formula is C24H34N4O3. The minimum atomic E-state index is -0.606. The molecule has 4 aliphatic carbocycles. The van der Waals surface area contributed by atoms with E-state index in [0.717, 1.165) is 48.3 Å². The van der Waals surface area contributed by atoms with Gasteiger partial charge in [0.15, 0.2) is 0 Å². The van der Waals surface area contributed by atoms with Crippen LogP contribution in [0.5, 0.6) is 0 Å². The van der Waals surface area contributed by atoms with Gasteiger partial charge in [-0.3, -0.25) is 19.8 Å². The van der Waals surface area contributed by atoms with Gasteiger partial charge in [-0.05, 0) is 89.3 Å². The molecule has 0 aromatic heterocycles. The highest BCUT2D eigenvalue weighted by molar-refractivity contribution is 5.98. The van der Waals surface area contributed by atoms with E-state index in [1.165, 1.54) is 19.3 Å². The van der Waals surface area contributed by atoms with Gasteiger partial charge in [0, 0.05) is 11.2 Å². The number of amides is 4. The van der Waals surface area contributed by atoms with Crippen molar-refractivity contribution < 1.29 is 14.4 Å². The summed E-state index contributed by atoms with van der Waals surface area (Å²) in [5, 5.41) is 8.49. The molecule has 3 N–H and O–H groups in total. The zero-order valence-electron chi connectivity index (χ0n) is 18.7. The van der Waals surface area contributed by atoms with Crippen LogP contribution in [0.4, 0.5) is 10.5 Å². The molecule has 0 heterocycles. The molecule has 7 nitrogen and oxygen atoms in total. The zero-order valence-corrected chi connectivity index (χ0v) is 18.7. The molecule has 7 heteroatoms. The van der Waals surface area contributed by atoms with Crippen molar-refractivity contribution in [1.82, 2.24) is 15.5 Å². The van der Waals surface area contributed by atoms with E-state index in [4.69, 9.17) is 0 Å². The molecule has 0 radical (unpaired) electrons. The molecule has 0 aliphatic heterocycles. The molecule has 1 aromatic carbocycles. The van der Waals surface area contributed by atoms with Crippen LogP contribution in [-0.2, 0) is 9.59 Å². The Bertz CT molecular complexity index is 816. The molecule has 4 bridgehead atoms. The van der Waals surface area contributed by atoms with Crippen molar-refractivity contribution in [2.75, 3.05) is 18.9 Å². The van der Waals surface area contributed by atoms with E-state index >= 15 is 0 Å². The number of urea groups is 1. The first-order valence-electron chi connectivity index (χ1n) is 11.4. The number of benzene rings is 1. The predicted octanol–water partition coefficient (Wildman–Crippen LogP) is 3.05. The third-order valence-corrected chi connectivity index (χ3v) is 7.42. The van der Waals surface area contributed by atoms with Gasteiger partial charge in [-0.15, -0.1) is 0 Å². The van der Waals surface area contributed by atoms with Crippen LogP contribution < -0.4 is 16.0 Å². The van der Waals surface area contributed by atoms with Crippen molar-refractivity contribution in [3.8, 4) is 0 Å². The molecule has 1 atom stereocenters. The highest BCUT2D eigenvalue weighted by atomic mass is 16.2. The topological polar surface area (TPSA) is 90.5 Å². The zero-order chi connectivity index (χ0) is 22.2. The molecule has 4 aliphatic rings. The lowest BCUT2D eigenvalue weighted by Crippen LogP contribution is -2.62. The van der Waals surface area contributed by atoms with Gasteiger partial charge < -0.3 is 10.6 Å². The fraction of sp³-hybridized carbons (Fsp3) is 0.625. The minimum absolute atomic E-state index is 0.0546. The average Bonchev–Trinajstić information content (AvgIpc) is 2.67. The largest absolute Gasteiger partial charge is 0.332 e. The molecule has 31 heavy (non-hydrogen) atoms. The van der Waals surface area contributed by atoms with Gasteiger partial charge in [0.2, 0.25) is 11.8 Å². The second kappa shape index (κ2) is 8.61. The number of aryl methyl sites for hydroxylation is 1. The van der Waals surface area contributed by atoms with Gasteiger partial charge in [-0.2, -0.15) is 0 Å². The summed E-state index contributed by atoms with van der Waals surface area (Å²) in [5.41, 5.74) is 1.70. The number of hydrogen-bond acceptors (Lipinski definition) is 4. The Morgan fingerprint density at radius 3 is 2.13 bits per heavy atom. The second-order valence-electron chi connectivity index (χ2n) is 10.1. The number of carbonyl (C=O) groups excluding carboxylic acids is 3. The molecule has 0 saturated heterocycles. The number of imide groups is 1. The molecule has 4 saturated carbocycles. The Morgan fingerprint density at radius 2 is 1.58 bits per heavy atom. The normalized spacial score (nSPS) is 29.5. The Labute approximate surface area is 184 Å². The quantitative estimate of drug-likeness (QED) is 0.652. The lowest BCUT2D eigenvalue weighted by atomic mass is 9.53. The monoisotopic (exact) mass is 426 g/mol. The summed E-state index contributed by atoms with van der Waals surface area (Å²) < 4.78 is 0. The number of carbonyl (C=O) groups is 3. The smallest absolute Gasteiger partial charge is 0.321 e. The van der Waals surface area contributed by atoms with Crippen LogP contribution in [0.3, 0.4) is 0 Å². The summed E-state index contributed by atoms with van der Waals surface area (Å²) in [4.78, 5) is 39.2.